The molecule has 1 aliphatic rings. The number of hydrogen-bond acceptors (Lipinski definition) is 7. The Hall–Kier alpha value is -4.15. The minimum atomic E-state index is -3.95. The fraction of sp³-hybridized carbons (Fsp3) is 0.214. The van der Waals surface area contributed by atoms with Gasteiger partial charge in [0.15, 0.2) is 11.5 Å². The van der Waals surface area contributed by atoms with E-state index in [-0.39, 0.29) is 16.6 Å². The molecule has 0 saturated carbocycles. The average Bonchev–Trinajstić information content (AvgIpc) is 3.62. The van der Waals surface area contributed by atoms with Crippen LogP contribution in [0.1, 0.15) is 22.3 Å². The zero-order valence-electron chi connectivity index (χ0n) is 20.7. The second kappa shape index (κ2) is 11.1. The molecular formula is C28H27N3O6S. The lowest BCUT2D eigenvalue weighted by molar-refractivity contribution is 0.0981. The fourth-order valence-corrected chi connectivity index (χ4v) is 5.19. The maximum atomic E-state index is 12.6. The number of benzene rings is 3. The molecule has 1 amide bonds. The van der Waals surface area contributed by atoms with Gasteiger partial charge < -0.3 is 14.2 Å². The molecule has 1 saturated heterocycles. The number of amides is 1. The minimum Gasteiger partial charge on any atom is -0.493 e. The van der Waals surface area contributed by atoms with E-state index >= 15 is 0 Å². The highest BCUT2D eigenvalue weighted by Crippen LogP contribution is 2.34. The van der Waals surface area contributed by atoms with Gasteiger partial charge in [0.05, 0.1) is 37.5 Å². The van der Waals surface area contributed by atoms with E-state index in [9.17, 15) is 13.2 Å². The van der Waals surface area contributed by atoms with Crippen molar-refractivity contribution < 1.29 is 27.4 Å². The third kappa shape index (κ3) is 5.71. The molecule has 5 rings (SSSR count). The van der Waals surface area contributed by atoms with Gasteiger partial charge in [0.25, 0.3) is 15.9 Å². The maximum Gasteiger partial charge on any atom is 0.264 e. The monoisotopic (exact) mass is 533 g/mol. The van der Waals surface area contributed by atoms with Crippen LogP contribution in [0, 0.1) is 0 Å². The molecule has 2 heterocycles. The maximum absolute atomic E-state index is 12.6. The van der Waals surface area contributed by atoms with E-state index in [0.29, 0.717) is 31.3 Å². The Labute approximate surface area is 221 Å². The first-order valence-corrected chi connectivity index (χ1v) is 13.6. The molecule has 0 spiro atoms. The van der Waals surface area contributed by atoms with Crippen molar-refractivity contribution in [3.63, 3.8) is 0 Å². The number of aromatic nitrogens is 2. The summed E-state index contributed by atoms with van der Waals surface area (Å²) in [6.45, 7) is 1.69. The van der Waals surface area contributed by atoms with Gasteiger partial charge in [0.2, 0.25) is 0 Å². The number of hydrogen-bond donors (Lipinski definition) is 1. The fourth-order valence-electron chi connectivity index (χ4n) is 4.19. The first-order chi connectivity index (χ1) is 18.4. The lowest BCUT2D eigenvalue weighted by atomic mass is 10.1. The smallest absolute Gasteiger partial charge is 0.264 e. The third-order valence-corrected chi connectivity index (χ3v) is 7.53. The quantitative estimate of drug-likeness (QED) is 0.348. The summed E-state index contributed by atoms with van der Waals surface area (Å²) in [6.07, 6.45) is 2.54. The number of ether oxygens (including phenoxy) is 3. The van der Waals surface area contributed by atoms with Gasteiger partial charge >= 0.3 is 0 Å². The van der Waals surface area contributed by atoms with Gasteiger partial charge in [-0.25, -0.2) is 13.1 Å². The molecule has 1 aromatic heterocycles. The van der Waals surface area contributed by atoms with Crippen LogP contribution in [-0.2, 0) is 21.3 Å². The zero-order valence-corrected chi connectivity index (χ0v) is 21.6. The number of rotatable bonds is 9. The zero-order chi connectivity index (χ0) is 26.5. The largest absolute Gasteiger partial charge is 0.493 e. The summed E-state index contributed by atoms with van der Waals surface area (Å²) in [5.74, 6) is 0.600. The molecule has 1 atom stereocenters. The molecule has 1 fully saturated rings. The molecule has 10 heteroatoms. The van der Waals surface area contributed by atoms with Gasteiger partial charge in [-0.1, -0.05) is 30.3 Å². The van der Waals surface area contributed by atoms with E-state index in [2.05, 4.69) is 9.82 Å². The highest BCUT2D eigenvalue weighted by molar-refractivity contribution is 7.90. The second-order valence-electron chi connectivity index (χ2n) is 8.79. The molecule has 0 radical (unpaired) electrons. The molecule has 38 heavy (non-hydrogen) atoms. The van der Waals surface area contributed by atoms with Gasteiger partial charge in [0, 0.05) is 23.7 Å². The Morgan fingerprint density at radius 2 is 1.84 bits per heavy atom. The molecular weight excluding hydrogens is 506 g/mol. The second-order valence-corrected chi connectivity index (χ2v) is 10.5. The summed E-state index contributed by atoms with van der Waals surface area (Å²) < 4.78 is 45.9. The lowest BCUT2D eigenvalue weighted by Crippen LogP contribution is -2.30. The van der Waals surface area contributed by atoms with Gasteiger partial charge in [-0.3, -0.25) is 9.48 Å². The van der Waals surface area contributed by atoms with E-state index in [1.54, 1.807) is 55.8 Å². The standard InChI is InChI=1S/C28H27N3O6S/c1-35-26-12-11-22(17-27(26)37-23-14-16-36-19-23)25-13-15-29-31(25)18-20-7-9-21(10-8-20)28(32)30-38(33,34)24-5-3-2-4-6-24/h2-13,15,17,23H,14,16,18-19H2,1H3,(H,30,32)/t23-/m1/s1. The Bertz CT molecular complexity index is 1510. The highest BCUT2D eigenvalue weighted by Gasteiger charge is 2.21. The van der Waals surface area contributed by atoms with E-state index < -0.39 is 15.9 Å². The molecule has 196 valence electrons. The van der Waals surface area contributed by atoms with Gasteiger partial charge in [-0.15, -0.1) is 0 Å². The molecule has 1 aliphatic heterocycles. The van der Waals surface area contributed by atoms with Crippen LogP contribution in [0.15, 0.2) is 90.0 Å². The number of sulfonamides is 1. The van der Waals surface area contributed by atoms with Gasteiger partial charge in [-0.2, -0.15) is 5.10 Å². The molecule has 4 aromatic rings. The number of nitrogens with zero attached hydrogens (tertiary/aromatic N) is 2. The van der Waals surface area contributed by atoms with Crippen LogP contribution in [0.25, 0.3) is 11.3 Å². The van der Waals surface area contributed by atoms with Crippen LogP contribution in [0.3, 0.4) is 0 Å². The van der Waals surface area contributed by atoms with E-state index in [0.717, 1.165) is 23.2 Å². The van der Waals surface area contributed by atoms with Crippen molar-refractivity contribution in [1.82, 2.24) is 14.5 Å². The van der Waals surface area contributed by atoms with E-state index in [1.165, 1.54) is 12.1 Å². The molecule has 0 aliphatic carbocycles. The van der Waals surface area contributed by atoms with E-state index in [4.69, 9.17) is 14.2 Å². The van der Waals surface area contributed by atoms with Crippen LogP contribution in [-0.4, -0.2) is 50.5 Å². The van der Waals surface area contributed by atoms with E-state index in [1.807, 2.05) is 28.9 Å². The summed E-state index contributed by atoms with van der Waals surface area (Å²) in [4.78, 5) is 12.6. The van der Waals surface area contributed by atoms with Crippen molar-refractivity contribution in [1.29, 1.82) is 0 Å². The predicted molar refractivity (Wildman–Crippen MR) is 141 cm³/mol. The van der Waals surface area contributed by atoms with Crippen molar-refractivity contribution in [3.8, 4) is 22.8 Å². The summed E-state index contributed by atoms with van der Waals surface area (Å²) in [5, 5.41) is 4.47. The summed E-state index contributed by atoms with van der Waals surface area (Å²) in [6, 6.07) is 22.2. The Kier molecular flexibility index (Phi) is 7.43. The van der Waals surface area contributed by atoms with Crippen LogP contribution in [0.4, 0.5) is 0 Å². The predicted octanol–water partition coefficient (Wildman–Crippen LogP) is 3.89. The molecule has 0 unspecified atom stereocenters. The van der Waals surface area contributed by atoms with Crippen molar-refractivity contribution in [2.75, 3.05) is 20.3 Å². The van der Waals surface area contributed by atoms with Crippen molar-refractivity contribution >= 4 is 15.9 Å². The van der Waals surface area contributed by atoms with Crippen LogP contribution in [0.2, 0.25) is 0 Å². The molecule has 3 aromatic carbocycles. The summed E-state index contributed by atoms with van der Waals surface area (Å²) in [7, 11) is -2.34. The first kappa shape index (κ1) is 25.5. The van der Waals surface area contributed by atoms with Crippen LogP contribution < -0.4 is 14.2 Å². The lowest BCUT2D eigenvalue weighted by Gasteiger charge is -2.16. The Morgan fingerprint density at radius 3 is 2.55 bits per heavy atom. The third-order valence-electron chi connectivity index (χ3n) is 6.19. The number of nitrogens with one attached hydrogen (secondary N) is 1. The highest BCUT2D eigenvalue weighted by atomic mass is 32.2. The summed E-state index contributed by atoms with van der Waals surface area (Å²) in [5.41, 5.74) is 2.93. The average molecular weight is 534 g/mol. The molecule has 1 N–H and O–H groups in total. The van der Waals surface area contributed by atoms with Crippen molar-refractivity contribution in [2.45, 2.75) is 24.0 Å². The van der Waals surface area contributed by atoms with Crippen LogP contribution in [0.5, 0.6) is 11.5 Å². The topological polar surface area (TPSA) is 109 Å². The molecule has 0 bridgehead atoms. The van der Waals surface area contributed by atoms with Crippen LogP contribution >= 0.6 is 0 Å². The SMILES string of the molecule is COc1ccc(-c2ccnn2Cc2ccc(C(=O)NS(=O)(=O)c3ccccc3)cc2)cc1O[C@@H]1CCOC1. The summed E-state index contributed by atoms with van der Waals surface area (Å²) >= 11 is 0. The number of carbonyl (C=O) groups excluding carboxylic acids is 1. The number of methoxy groups -OCH3 is 1. The normalized spacial score (nSPS) is 15.2. The van der Waals surface area contributed by atoms with Crippen molar-refractivity contribution in [3.05, 3.63) is 96.2 Å². The first-order valence-electron chi connectivity index (χ1n) is 12.1. The molecule has 9 nitrogen and oxygen atoms in total. The minimum absolute atomic E-state index is 0.0116. The Balaban J connectivity index is 1.30. The number of carbonyl (C=O) groups is 1. The Morgan fingerprint density at radius 1 is 1.05 bits per heavy atom. The van der Waals surface area contributed by atoms with Gasteiger partial charge in [0.1, 0.15) is 6.10 Å². The van der Waals surface area contributed by atoms with Gasteiger partial charge in [-0.05, 0) is 54.1 Å². The van der Waals surface area contributed by atoms with Crippen molar-refractivity contribution in [2.24, 2.45) is 0 Å².